The van der Waals surface area contributed by atoms with Crippen molar-refractivity contribution in [1.29, 1.82) is 5.26 Å². The second-order valence-corrected chi connectivity index (χ2v) is 6.94. The topological polar surface area (TPSA) is 74.9 Å². The summed E-state index contributed by atoms with van der Waals surface area (Å²) in [5.74, 6) is 1.82. The zero-order valence-electron chi connectivity index (χ0n) is 15.1. The van der Waals surface area contributed by atoms with Crippen molar-refractivity contribution < 1.29 is 4.74 Å². The molecule has 0 aromatic carbocycles. The molecule has 0 saturated carbocycles. The van der Waals surface area contributed by atoms with E-state index in [0.717, 1.165) is 43.9 Å². The molecule has 0 atom stereocenters. The molecule has 1 aliphatic heterocycles. The first-order chi connectivity index (χ1) is 12.6. The number of pyridine rings is 1. The quantitative estimate of drug-likeness (QED) is 0.799. The van der Waals surface area contributed by atoms with Gasteiger partial charge in [0.15, 0.2) is 0 Å². The van der Waals surface area contributed by atoms with E-state index < -0.39 is 0 Å². The maximum absolute atomic E-state index is 8.91. The number of piperidine rings is 1. The third kappa shape index (κ3) is 4.23. The molecule has 1 fully saturated rings. The molecule has 136 valence electrons. The summed E-state index contributed by atoms with van der Waals surface area (Å²) in [5.41, 5.74) is 2.61. The Morgan fingerprint density at radius 2 is 2.08 bits per heavy atom. The zero-order valence-corrected chi connectivity index (χ0v) is 15.8. The van der Waals surface area contributed by atoms with Crippen LogP contribution in [-0.4, -0.2) is 34.9 Å². The van der Waals surface area contributed by atoms with E-state index in [0.29, 0.717) is 29.0 Å². The fraction of sp³-hybridized carbons (Fsp3) is 0.474. The van der Waals surface area contributed by atoms with E-state index in [4.69, 9.17) is 21.6 Å². The number of aryl methyl sites for hydroxylation is 2. The normalized spacial score (nSPS) is 14.9. The molecule has 1 saturated heterocycles. The van der Waals surface area contributed by atoms with Crippen LogP contribution < -0.4 is 9.64 Å². The van der Waals surface area contributed by atoms with Crippen LogP contribution in [0.4, 0.5) is 5.82 Å². The molecule has 6 nitrogen and oxygen atoms in total. The molecule has 0 N–H and O–H groups in total. The van der Waals surface area contributed by atoms with Crippen molar-refractivity contribution in [3.8, 4) is 11.9 Å². The predicted molar refractivity (Wildman–Crippen MR) is 101 cm³/mol. The number of halogens is 1. The van der Waals surface area contributed by atoms with Crippen LogP contribution >= 0.6 is 11.6 Å². The molecule has 2 aromatic heterocycles. The molecule has 2 aromatic rings. The number of aromatic nitrogens is 3. The summed E-state index contributed by atoms with van der Waals surface area (Å²) in [5, 5.41) is 17.7. The number of hydrogen-bond acceptors (Lipinski definition) is 6. The van der Waals surface area contributed by atoms with Crippen LogP contribution in [0.25, 0.3) is 0 Å². The number of anilines is 1. The maximum Gasteiger partial charge on any atom is 0.233 e. The molecule has 0 spiro atoms. The third-order valence-corrected chi connectivity index (χ3v) is 5.05. The van der Waals surface area contributed by atoms with Gasteiger partial charge in [-0.05, 0) is 43.7 Å². The molecule has 3 rings (SSSR count). The van der Waals surface area contributed by atoms with Crippen LogP contribution in [0.5, 0.6) is 5.88 Å². The lowest BCUT2D eigenvalue weighted by Gasteiger charge is -2.33. The molecule has 7 heteroatoms. The van der Waals surface area contributed by atoms with Gasteiger partial charge in [0, 0.05) is 25.4 Å². The highest BCUT2D eigenvalue weighted by Crippen LogP contribution is 2.28. The second-order valence-electron chi connectivity index (χ2n) is 6.53. The maximum atomic E-state index is 8.91. The lowest BCUT2D eigenvalue weighted by Crippen LogP contribution is -2.36. The van der Waals surface area contributed by atoms with Gasteiger partial charge in [-0.1, -0.05) is 18.5 Å². The Morgan fingerprint density at radius 3 is 2.73 bits per heavy atom. The SMILES string of the molecule is CCc1cc(OCC2CCN(c3ncc(C#N)cc3Cl)CC2)nnc1C. The van der Waals surface area contributed by atoms with Crippen LogP contribution in [0.1, 0.15) is 36.6 Å². The largest absolute Gasteiger partial charge is 0.476 e. The van der Waals surface area contributed by atoms with Crippen molar-refractivity contribution >= 4 is 17.4 Å². The molecule has 0 unspecified atom stereocenters. The Balaban J connectivity index is 1.53. The lowest BCUT2D eigenvalue weighted by molar-refractivity contribution is 0.214. The van der Waals surface area contributed by atoms with Crippen LogP contribution in [0.2, 0.25) is 5.02 Å². The van der Waals surface area contributed by atoms with Crippen molar-refractivity contribution in [2.75, 3.05) is 24.6 Å². The summed E-state index contributed by atoms with van der Waals surface area (Å²) in [6.07, 6.45) is 4.49. The average Bonchev–Trinajstić information content (AvgIpc) is 2.67. The fourth-order valence-electron chi connectivity index (χ4n) is 3.14. The van der Waals surface area contributed by atoms with E-state index in [1.165, 1.54) is 5.56 Å². The summed E-state index contributed by atoms with van der Waals surface area (Å²) in [4.78, 5) is 6.51. The number of ether oxygens (including phenoxy) is 1. The fourth-order valence-corrected chi connectivity index (χ4v) is 3.42. The van der Waals surface area contributed by atoms with Crippen LogP contribution in [-0.2, 0) is 6.42 Å². The molecule has 0 amide bonds. The van der Waals surface area contributed by atoms with Crippen molar-refractivity contribution in [1.82, 2.24) is 15.2 Å². The Morgan fingerprint density at radius 1 is 1.31 bits per heavy atom. The van der Waals surface area contributed by atoms with E-state index in [1.54, 1.807) is 12.3 Å². The lowest BCUT2D eigenvalue weighted by atomic mass is 9.98. The van der Waals surface area contributed by atoms with E-state index in [9.17, 15) is 0 Å². The number of nitrogens with zero attached hydrogens (tertiary/aromatic N) is 5. The summed E-state index contributed by atoms with van der Waals surface area (Å²) in [6, 6.07) is 5.71. The average molecular weight is 372 g/mol. The van der Waals surface area contributed by atoms with Crippen molar-refractivity contribution in [3.63, 3.8) is 0 Å². The number of rotatable bonds is 5. The molecule has 1 aliphatic rings. The number of nitriles is 1. The first-order valence-corrected chi connectivity index (χ1v) is 9.25. The molecule has 0 radical (unpaired) electrons. The van der Waals surface area contributed by atoms with Gasteiger partial charge < -0.3 is 9.64 Å². The van der Waals surface area contributed by atoms with Gasteiger partial charge in [0.05, 0.1) is 22.9 Å². The van der Waals surface area contributed by atoms with Gasteiger partial charge in [0.1, 0.15) is 11.9 Å². The minimum atomic E-state index is 0.469. The summed E-state index contributed by atoms with van der Waals surface area (Å²) in [7, 11) is 0. The molecule has 3 heterocycles. The van der Waals surface area contributed by atoms with E-state index in [1.807, 2.05) is 13.0 Å². The first kappa shape index (κ1) is 18.4. The van der Waals surface area contributed by atoms with E-state index in [-0.39, 0.29) is 0 Å². The third-order valence-electron chi connectivity index (χ3n) is 4.77. The minimum Gasteiger partial charge on any atom is -0.476 e. The van der Waals surface area contributed by atoms with Gasteiger partial charge in [0.2, 0.25) is 5.88 Å². The highest BCUT2D eigenvalue weighted by atomic mass is 35.5. The Hall–Kier alpha value is -2.39. The monoisotopic (exact) mass is 371 g/mol. The van der Waals surface area contributed by atoms with Crippen LogP contribution in [0, 0.1) is 24.2 Å². The molecule has 26 heavy (non-hydrogen) atoms. The van der Waals surface area contributed by atoms with Crippen molar-refractivity contribution in [2.24, 2.45) is 5.92 Å². The van der Waals surface area contributed by atoms with Gasteiger partial charge in [-0.3, -0.25) is 0 Å². The van der Waals surface area contributed by atoms with Crippen LogP contribution in [0.3, 0.4) is 0 Å². The number of hydrogen-bond donors (Lipinski definition) is 0. The predicted octanol–water partition coefficient (Wildman–Crippen LogP) is 3.56. The Bertz CT molecular complexity index is 812. The zero-order chi connectivity index (χ0) is 18.5. The standard InChI is InChI=1S/C19H22ClN5O/c1-3-16-9-18(24-23-13(16)2)26-12-14-4-6-25(7-5-14)19-17(20)8-15(10-21)11-22-19/h8-9,11,14H,3-7,12H2,1-2H3. The highest BCUT2D eigenvalue weighted by molar-refractivity contribution is 6.33. The molecular formula is C19H22ClN5O. The summed E-state index contributed by atoms with van der Waals surface area (Å²) < 4.78 is 5.87. The Labute approximate surface area is 158 Å². The second kappa shape index (κ2) is 8.33. The minimum absolute atomic E-state index is 0.469. The smallest absolute Gasteiger partial charge is 0.233 e. The molecular weight excluding hydrogens is 350 g/mol. The van der Waals surface area contributed by atoms with Gasteiger partial charge in [-0.2, -0.15) is 10.4 Å². The molecule has 0 aliphatic carbocycles. The van der Waals surface area contributed by atoms with Gasteiger partial charge >= 0.3 is 0 Å². The first-order valence-electron chi connectivity index (χ1n) is 8.87. The van der Waals surface area contributed by atoms with Gasteiger partial charge in [-0.25, -0.2) is 4.98 Å². The Kier molecular flexibility index (Phi) is 5.89. The highest BCUT2D eigenvalue weighted by Gasteiger charge is 2.22. The van der Waals surface area contributed by atoms with Gasteiger partial charge in [-0.15, -0.1) is 5.10 Å². The van der Waals surface area contributed by atoms with E-state index in [2.05, 4.69) is 33.1 Å². The summed E-state index contributed by atoms with van der Waals surface area (Å²) in [6.45, 7) is 6.45. The molecule has 0 bridgehead atoms. The van der Waals surface area contributed by atoms with Crippen molar-refractivity contribution in [3.05, 3.63) is 40.2 Å². The summed E-state index contributed by atoms with van der Waals surface area (Å²) >= 11 is 6.27. The van der Waals surface area contributed by atoms with Crippen LogP contribution in [0.15, 0.2) is 18.3 Å². The van der Waals surface area contributed by atoms with E-state index >= 15 is 0 Å². The van der Waals surface area contributed by atoms with Crippen molar-refractivity contribution in [2.45, 2.75) is 33.1 Å². The van der Waals surface area contributed by atoms with Gasteiger partial charge in [0.25, 0.3) is 0 Å².